The number of benzene rings is 2. The molecule has 1 unspecified atom stereocenters. The molecule has 1 atom stereocenters. The molecule has 0 amide bonds. The second-order valence-electron chi connectivity index (χ2n) is 7.17. The molecule has 6 nitrogen and oxygen atoms in total. The maximum Gasteiger partial charge on any atom is 0.347 e. The third-order valence-electron chi connectivity index (χ3n) is 5.17. The van der Waals surface area contributed by atoms with Crippen LogP contribution in [0.15, 0.2) is 53.3 Å². The molecule has 0 saturated heterocycles. The molecule has 154 valence electrons. The molecule has 0 spiro atoms. The van der Waals surface area contributed by atoms with Gasteiger partial charge in [-0.2, -0.15) is 5.10 Å². The van der Waals surface area contributed by atoms with Gasteiger partial charge in [-0.3, -0.25) is 4.57 Å². The van der Waals surface area contributed by atoms with E-state index in [0.29, 0.717) is 12.1 Å². The molecular formula is C24H25N3O3. The smallest absolute Gasteiger partial charge is 0.347 e. The molecule has 0 aliphatic rings. The van der Waals surface area contributed by atoms with E-state index < -0.39 is 5.97 Å². The Morgan fingerprint density at radius 1 is 1.17 bits per heavy atom. The Labute approximate surface area is 175 Å². The molecule has 1 N–H and O–H groups in total. The number of hydrogen-bond acceptors (Lipinski definition) is 3. The summed E-state index contributed by atoms with van der Waals surface area (Å²) in [6, 6.07) is 14.5. The minimum atomic E-state index is -0.956. The second kappa shape index (κ2) is 9.27. The predicted molar refractivity (Wildman–Crippen MR) is 117 cm³/mol. The molecule has 30 heavy (non-hydrogen) atoms. The van der Waals surface area contributed by atoms with Crippen LogP contribution in [0, 0.1) is 11.8 Å². The van der Waals surface area contributed by atoms with Crippen LogP contribution in [-0.4, -0.2) is 25.4 Å². The highest BCUT2D eigenvalue weighted by Gasteiger charge is 2.18. The summed E-state index contributed by atoms with van der Waals surface area (Å²) in [4.78, 5) is 24.3. The number of carbonyl (C=O) groups is 1. The summed E-state index contributed by atoms with van der Waals surface area (Å²) in [6.45, 7) is 6.54. The van der Waals surface area contributed by atoms with Gasteiger partial charge in [-0.25, -0.2) is 14.3 Å². The van der Waals surface area contributed by atoms with Crippen molar-refractivity contribution < 1.29 is 9.90 Å². The molecule has 1 aromatic heterocycles. The Balaban J connectivity index is 1.94. The summed E-state index contributed by atoms with van der Waals surface area (Å²) in [7, 11) is 0. The van der Waals surface area contributed by atoms with Crippen LogP contribution >= 0.6 is 0 Å². The first kappa shape index (κ1) is 21.1. The average Bonchev–Trinajstić information content (AvgIpc) is 3.07. The van der Waals surface area contributed by atoms with E-state index in [1.165, 1.54) is 4.68 Å². The number of carboxylic acid groups (broad SMARTS) is 1. The Morgan fingerprint density at radius 2 is 1.87 bits per heavy atom. The third-order valence-corrected chi connectivity index (χ3v) is 5.17. The van der Waals surface area contributed by atoms with Gasteiger partial charge in [0, 0.05) is 5.92 Å². The van der Waals surface area contributed by atoms with Crippen molar-refractivity contribution in [2.75, 3.05) is 0 Å². The van der Waals surface area contributed by atoms with Gasteiger partial charge in [0.25, 0.3) is 0 Å². The SMILES string of the molecule is CC#CCn1nc(C(C)CC)n(Cc2ccc(-c3ccccc3C(=O)O)cc2)c1=O. The molecule has 2 aromatic carbocycles. The number of aromatic nitrogens is 3. The van der Waals surface area contributed by atoms with Crippen LogP contribution in [0.4, 0.5) is 0 Å². The van der Waals surface area contributed by atoms with Gasteiger partial charge in [-0.15, -0.1) is 5.92 Å². The number of carboxylic acids is 1. The fourth-order valence-corrected chi connectivity index (χ4v) is 3.30. The standard InChI is InChI=1S/C24H25N3O3/c1-4-6-15-27-24(30)26(22(25-27)17(3)5-2)16-18-11-13-19(14-12-18)20-9-7-8-10-21(20)23(28)29/h7-14,17H,5,15-16H2,1-3H3,(H,28,29). The van der Waals surface area contributed by atoms with Crippen LogP contribution in [0.5, 0.6) is 0 Å². The molecular weight excluding hydrogens is 378 g/mol. The van der Waals surface area contributed by atoms with Crippen LogP contribution in [0.25, 0.3) is 11.1 Å². The van der Waals surface area contributed by atoms with E-state index in [1.54, 1.807) is 29.7 Å². The zero-order valence-corrected chi connectivity index (χ0v) is 17.4. The fourth-order valence-electron chi connectivity index (χ4n) is 3.30. The van der Waals surface area contributed by atoms with Gasteiger partial charge < -0.3 is 5.11 Å². The lowest BCUT2D eigenvalue weighted by Gasteiger charge is -2.11. The van der Waals surface area contributed by atoms with E-state index in [9.17, 15) is 14.7 Å². The summed E-state index contributed by atoms with van der Waals surface area (Å²) in [6.07, 6.45) is 0.876. The Kier molecular flexibility index (Phi) is 6.53. The van der Waals surface area contributed by atoms with E-state index in [1.807, 2.05) is 30.3 Å². The molecule has 0 radical (unpaired) electrons. The first-order valence-corrected chi connectivity index (χ1v) is 9.95. The summed E-state index contributed by atoms with van der Waals surface area (Å²) in [5.74, 6) is 5.64. The number of aromatic carboxylic acids is 1. The monoisotopic (exact) mass is 403 g/mol. The minimum absolute atomic E-state index is 0.148. The normalized spacial score (nSPS) is 11.6. The topological polar surface area (TPSA) is 77.1 Å². The van der Waals surface area contributed by atoms with Crippen LogP contribution in [0.2, 0.25) is 0 Å². The first-order valence-electron chi connectivity index (χ1n) is 9.95. The van der Waals surface area contributed by atoms with Crippen molar-refractivity contribution in [1.29, 1.82) is 0 Å². The van der Waals surface area contributed by atoms with Gasteiger partial charge in [0.1, 0.15) is 12.4 Å². The first-order chi connectivity index (χ1) is 14.5. The van der Waals surface area contributed by atoms with Crippen molar-refractivity contribution in [3.63, 3.8) is 0 Å². The van der Waals surface area contributed by atoms with E-state index in [2.05, 4.69) is 30.8 Å². The minimum Gasteiger partial charge on any atom is -0.478 e. The molecule has 0 bridgehead atoms. The van der Waals surface area contributed by atoms with Gasteiger partial charge in [-0.1, -0.05) is 62.2 Å². The Bertz CT molecular complexity index is 1160. The summed E-state index contributed by atoms with van der Waals surface area (Å²) in [5, 5.41) is 13.9. The molecule has 3 rings (SSSR count). The Morgan fingerprint density at radius 3 is 2.50 bits per heavy atom. The number of rotatable bonds is 7. The van der Waals surface area contributed by atoms with Crippen molar-refractivity contribution in [3.05, 3.63) is 76.0 Å². The van der Waals surface area contributed by atoms with Crippen LogP contribution in [0.1, 0.15) is 54.9 Å². The third kappa shape index (κ3) is 4.36. The molecule has 3 aromatic rings. The van der Waals surface area contributed by atoms with Gasteiger partial charge >= 0.3 is 11.7 Å². The zero-order valence-electron chi connectivity index (χ0n) is 17.4. The molecule has 0 fully saturated rings. The lowest BCUT2D eigenvalue weighted by atomic mass is 9.98. The van der Waals surface area contributed by atoms with Crippen LogP contribution < -0.4 is 5.69 Å². The highest BCUT2D eigenvalue weighted by Crippen LogP contribution is 2.24. The predicted octanol–water partition coefficient (Wildman–Crippen LogP) is 4.00. The van der Waals surface area contributed by atoms with Crippen molar-refractivity contribution in [1.82, 2.24) is 14.3 Å². The van der Waals surface area contributed by atoms with Crippen molar-refractivity contribution in [3.8, 4) is 23.0 Å². The van der Waals surface area contributed by atoms with Crippen molar-refractivity contribution >= 4 is 5.97 Å². The van der Waals surface area contributed by atoms with E-state index in [-0.39, 0.29) is 23.7 Å². The van der Waals surface area contributed by atoms with Gasteiger partial charge in [0.05, 0.1) is 12.1 Å². The van der Waals surface area contributed by atoms with Gasteiger partial charge in [0.15, 0.2) is 0 Å². The maximum absolute atomic E-state index is 12.9. The van der Waals surface area contributed by atoms with E-state index in [4.69, 9.17) is 0 Å². The lowest BCUT2D eigenvalue weighted by Crippen LogP contribution is -2.26. The van der Waals surface area contributed by atoms with E-state index in [0.717, 1.165) is 23.4 Å². The van der Waals surface area contributed by atoms with E-state index >= 15 is 0 Å². The summed E-state index contributed by atoms with van der Waals surface area (Å²) in [5.41, 5.74) is 2.52. The van der Waals surface area contributed by atoms with Gasteiger partial charge in [-0.05, 0) is 36.1 Å². The summed E-state index contributed by atoms with van der Waals surface area (Å²) < 4.78 is 3.11. The molecule has 6 heteroatoms. The average molecular weight is 403 g/mol. The number of hydrogen-bond donors (Lipinski definition) is 1. The van der Waals surface area contributed by atoms with Crippen molar-refractivity contribution in [2.45, 2.75) is 46.2 Å². The van der Waals surface area contributed by atoms with Gasteiger partial charge in [0.2, 0.25) is 0 Å². The summed E-state index contributed by atoms with van der Waals surface area (Å²) >= 11 is 0. The molecule has 0 aliphatic heterocycles. The molecule has 0 aliphatic carbocycles. The van der Waals surface area contributed by atoms with Crippen LogP contribution in [0.3, 0.4) is 0 Å². The second-order valence-corrected chi connectivity index (χ2v) is 7.17. The van der Waals surface area contributed by atoms with Crippen LogP contribution in [-0.2, 0) is 13.1 Å². The zero-order chi connectivity index (χ0) is 21.7. The Hall–Kier alpha value is -3.59. The fraction of sp³-hybridized carbons (Fsp3) is 0.292. The maximum atomic E-state index is 12.9. The number of nitrogens with zero attached hydrogens (tertiary/aromatic N) is 3. The highest BCUT2D eigenvalue weighted by atomic mass is 16.4. The molecule has 0 saturated carbocycles. The van der Waals surface area contributed by atoms with Crippen molar-refractivity contribution in [2.24, 2.45) is 0 Å². The highest BCUT2D eigenvalue weighted by molar-refractivity contribution is 5.95. The largest absolute Gasteiger partial charge is 0.478 e. The molecule has 1 heterocycles. The quantitative estimate of drug-likeness (QED) is 0.605. The lowest BCUT2D eigenvalue weighted by molar-refractivity contribution is 0.0697.